The Morgan fingerprint density at radius 2 is 1.57 bits per heavy atom. The molecule has 148 valence electrons. The number of carbonyl (C=O) groups excluding carboxylic acids is 3. The lowest BCUT2D eigenvalue weighted by molar-refractivity contribution is -0.127. The third-order valence-electron chi connectivity index (χ3n) is 3.49. The molecule has 28 heavy (non-hydrogen) atoms. The maximum absolute atomic E-state index is 12.3. The van der Waals surface area contributed by atoms with Gasteiger partial charge in [-0.05, 0) is 36.4 Å². The van der Waals surface area contributed by atoms with Crippen molar-refractivity contribution < 1.29 is 27.5 Å². The SMILES string of the molecule is CNC(=O)CNC(=O)COC(=O)c1ccc(S(=O)(=O)Nc2ccccc2)cc1. The molecule has 10 heteroatoms. The fraction of sp³-hybridized carbons (Fsp3) is 0.167. The number of benzene rings is 2. The molecule has 2 aromatic rings. The first-order chi connectivity index (χ1) is 13.3. The third kappa shape index (κ3) is 6.09. The molecule has 0 aliphatic carbocycles. The first-order valence-electron chi connectivity index (χ1n) is 8.14. The highest BCUT2D eigenvalue weighted by molar-refractivity contribution is 7.92. The van der Waals surface area contributed by atoms with Crippen LogP contribution in [-0.4, -0.2) is 46.4 Å². The lowest BCUT2D eigenvalue weighted by Gasteiger charge is -2.09. The summed E-state index contributed by atoms with van der Waals surface area (Å²) >= 11 is 0. The molecule has 0 heterocycles. The molecule has 0 aromatic heterocycles. The molecule has 0 fully saturated rings. The Kier molecular flexibility index (Phi) is 7.10. The monoisotopic (exact) mass is 405 g/mol. The Bertz CT molecular complexity index is 943. The first kappa shape index (κ1) is 20.9. The van der Waals surface area contributed by atoms with E-state index in [4.69, 9.17) is 4.74 Å². The Labute approximate surface area is 162 Å². The van der Waals surface area contributed by atoms with Crippen LogP contribution in [-0.2, 0) is 24.3 Å². The van der Waals surface area contributed by atoms with Crippen molar-refractivity contribution in [3.05, 3.63) is 60.2 Å². The Hall–Kier alpha value is -3.40. The molecule has 0 saturated carbocycles. The summed E-state index contributed by atoms with van der Waals surface area (Å²) in [4.78, 5) is 34.4. The van der Waals surface area contributed by atoms with E-state index in [-0.39, 0.29) is 22.9 Å². The largest absolute Gasteiger partial charge is 0.452 e. The van der Waals surface area contributed by atoms with Crippen molar-refractivity contribution in [1.82, 2.24) is 10.6 Å². The van der Waals surface area contributed by atoms with Crippen LogP contribution in [0.3, 0.4) is 0 Å². The minimum atomic E-state index is -3.80. The summed E-state index contributed by atoms with van der Waals surface area (Å²) in [5.74, 6) is -1.82. The van der Waals surface area contributed by atoms with E-state index in [2.05, 4.69) is 15.4 Å². The van der Waals surface area contributed by atoms with Gasteiger partial charge < -0.3 is 15.4 Å². The number of amides is 2. The number of esters is 1. The topological polar surface area (TPSA) is 131 Å². The van der Waals surface area contributed by atoms with Gasteiger partial charge in [0.15, 0.2) is 6.61 Å². The summed E-state index contributed by atoms with van der Waals surface area (Å²) in [6.07, 6.45) is 0. The summed E-state index contributed by atoms with van der Waals surface area (Å²) in [7, 11) is -2.38. The second kappa shape index (κ2) is 9.51. The molecule has 0 unspecified atom stereocenters. The standard InChI is InChI=1S/C18H19N3O6S/c1-19-16(22)11-20-17(23)12-27-18(24)13-7-9-15(10-8-13)28(25,26)21-14-5-3-2-4-6-14/h2-10,21H,11-12H2,1H3,(H,19,22)(H,20,23). The van der Waals surface area contributed by atoms with E-state index < -0.39 is 28.5 Å². The van der Waals surface area contributed by atoms with Crippen LogP contribution in [0.1, 0.15) is 10.4 Å². The van der Waals surface area contributed by atoms with Crippen LogP contribution in [0.25, 0.3) is 0 Å². The van der Waals surface area contributed by atoms with Crippen LogP contribution in [0.2, 0.25) is 0 Å². The summed E-state index contributed by atoms with van der Waals surface area (Å²) < 4.78 is 31.9. The highest BCUT2D eigenvalue weighted by atomic mass is 32.2. The number of likely N-dealkylation sites (N-methyl/N-ethyl adjacent to an activating group) is 1. The number of anilines is 1. The van der Waals surface area contributed by atoms with E-state index in [9.17, 15) is 22.8 Å². The molecule has 0 saturated heterocycles. The van der Waals surface area contributed by atoms with Gasteiger partial charge in [-0.15, -0.1) is 0 Å². The van der Waals surface area contributed by atoms with Crippen LogP contribution >= 0.6 is 0 Å². The van der Waals surface area contributed by atoms with Gasteiger partial charge in [-0.2, -0.15) is 0 Å². The van der Waals surface area contributed by atoms with E-state index in [0.717, 1.165) is 0 Å². The Morgan fingerprint density at radius 1 is 0.929 bits per heavy atom. The summed E-state index contributed by atoms with van der Waals surface area (Å²) in [5.41, 5.74) is 0.492. The highest BCUT2D eigenvalue weighted by Crippen LogP contribution is 2.16. The zero-order valence-electron chi connectivity index (χ0n) is 15.0. The number of hydrogen-bond donors (Lipinski definition) is 3. The minimum absolute atomic E-state index is 0.0313. The predicted octanol–water partition coefficient (Wildman–Crippen LogP) is 0.506. The average Bonchev–Trinajstić information content (AvgIpc) is 2.70. The van der Waals surface area contributed by atoms with E-state index >= 15 is 0 Å². The van der Waals surface area contributed by atoms with Crippen molar-refractivity contribution >= 4 is 33.5 Å². The quantitative estimate of drug-likeness (QED) is 0.549. The third-order valence-corrected chi connectivity index (χ3v) is 4.88. The number of hydrogen-bond acceptors (Lipinski definition) is 6. The van der Waals surface area contributed by atoms with Crippen molar-refractivity contribution in [2.75, 3.05) is 24.9 Å². The van der Waals surface area contributed by atoms with Crippen LogP contribution in [0.15, 0.2) is 59.5 Å². The fourth-order valence-electron chi connectivity index (χ4n) is 2.02. The Balaban J connectivity index is 1.93. The molecule has 0 aliphatic heterocycles. The lowest BCUT2D eigenvalue weighted by Crippen LogP contribution is -2.37. The maximum Gasteiger partial charge on any atom is 0.338 e. The molecule has 3 N–H and O–H groups in total. The minimum Gasteiger partial charge on any atom is -0.452 e. The molecule has 0 radical (unpaired) electrons. The van der Waals surface area contributed by atoms with E-state index in [1.54, 1.807) is 30.3 Å². The smallest absolute Gasteiger partial charge is 0.338 e. The van der Waals surface area contributed by atoms with Gasteiger partial charge in [0.05, 0.1) is 17.0 Å². The molecule has 0 atom stereocenters. The van der Waals surface area contributed by atoms with E-state index in [0.29, 0.717) is 5.69 Å². The van der Waals surface area contributed by atoms with Crippen LogP contribution < -0.4 is 15.4 Å². The first-order valence-corrected chi connectivity index (χ1v) is 9.62. The summed E-state index contributed by atoms with van der Waals surface area (Å²) in [5, 5.41) is 4.60. The normalized spacial score (nSPS) is 10.6. The number of ether oxygens (including phenoxy) is 1. The molecule has 2 aromatic carbocycles. The van der Waals surface area contributed by atoms with Gasteiger partial charge in [-0.1, -0.05) is 18.2 Å². The van der Waals surface area contributed by atoms with Gasteiger partial charge >= 0.3 is 5.97 Å². The van der Waals surface area contributed by atoms with Gasteiger partial charge in [-0.3, -0.25) is 14.3 Å². The number of rotatable bonds is 8. The Morgan fingerprint density at radius 3 is 2.18 bits per heavy atom. The second-order valence-electron chi connectivity index (χ2n) is 5.52. The van der Waals surface area contributed by atoms with Crippen LogP contribution in [0.5, 0.6) is 0 Å². The maximum atomic E-state index is 12.3. The molecule has 0 aliphatic rings. The molecule has 2 amide bonds. The number of carbonyl (C=O) groups is 3. The van der Waals surface area contributed by atoms with Crippen LogP contribution in [0.4, 0.5) is 5.69 Å². The number of nitrogens with one attached hydrogen (secondary N) is 3. The molecule has 0 bridgehead atoms. The van der Waals surface area contributed by atoms with Gasteiger partial charge in [-0.25, -0.2) is 13.2 Å². The van der Waals surface area contributed by atoms with Crippen molar-refractivity contribution in [2.24, 2.45) is 0 Å². The van der Waals surface area contributed by atoms with Gasteiger partial charge in [0.25, 0.3) is 15.9 Å². The van der Waals surface area contributed by atoms with Gasteiger partial charge in [0, 0.05) is 12.7 Å². The number of sulfonamides is 1. The van der Waals surface area contributed by atoms with Crippen molar-refractivity contribution in [3.63, 3.8) is 0 Å². The van der Waals surface area contributed by atoms with Crippen molar-refractivity contribution in [2.45, 2.75) is 4.90 Å². The zero-order chi connectivity index (χ0) is 20.6. The number of para-hydroxylation sites is 1. The van der Waals surface area contributed by atoms with Crippen molar-refractivity contribution in [1.29, 1.82) is 0 Å². The van der Waals surface area contributed by atoms with Gasteiger partial charge in [0.1, 0.15) is 0 Å². The second-order valence-corrected chi connectivity index (χ2v) is 7.20. The summed E-state index contributed by atoms with van der Waals surface area (Å²) in [6.45, 7) is -0.792. The lowest BCUT2D eigenvalue weighted by atomic mass is 10.2. The molecular weight excluding hydrogens is 386 g/mol. The molecular formula is C18H19N3O6S. The van der Waals surface area contributed by atoms with E-state index in [1.807, 2.05) is 0 Å². The zero-order valence-corrected chi connectivity index (χ0v) is 15.8. The molecule has 0 spiro atoms. The highest BCUT2D eigenvalue weighted by Gasteiger charge is 2.16. The summed E-state index contributed by atoms with van der Waals surface area (Å²) in [6, 6.07) is 13.5. The van der Waals surface area contributed by atoms with E-state index in [1.165, 1.54) is 31.3 Å². The van der Waals surface area contributed by atoms with Crippen LogP contribution in [0, 0.1) is 0 Å². The predicted molar refractivity (Wildman–Crippen MR) is 101 cm³/mol. The molecule has 2 rings (SSSR count). The molecule has 9 nitrogen and oxygen atoms in total. The fourth-order valence-corrected chi connectivity index (χ4v) is 3.08. The van der Waals surface area contributed by atoms with Gasteiger partial charge in [0.2, 0.25) is 5.91 Å². The van der Waals surface area contributed by atoms with Crippen molar-refractivity contribution in [3.8, 4) is 0 Å². The average molecular weight is 405 g/mol.